The lowest BCUT2D eigenvalue weighted by Crippen LogP contribution is -2.12. The first-order chi connectivity index (χ1) is 11.1. The zero-order valence-corrected chi connectivity index (χ0v) is 15.4. The Morgan fingerprint density at radius 3 is 2.17 bits per heavy atom. The van der Waals surface area contributed by atoms with Crippen molar-refractivity contribution < 1.29 is 18.6 Å². The van der Waals surface area contributed by atoms with Gasteiger partial charge in [-0.25, -0.2) is 4.79 Å². The molecule has 0 aliphatic rings. The van der Waals surface area contributed by atoms with Crippen molar-refractivity contribution in [3.8, 4) is 0 Å². The van der Waals surface area contributed by atoms with Gasteiger partial charge in [0.15, 0.2) is 0 Å². The molecule has 1 rings (SSSR count). The molecule has 0 saturated carbocycles. The van der Waals surface area contributed by atoms with Crippen LogP contribution in [0.3, 0.4) is 0 Å². The molecular weight excluding hydrogens is 311 g/mol. The number of unbranched alkanes of at least 4 members (excludes halogenated alkanes) is 5. The zero-order valence-electron chi connectivity index (χ0n) is 14.5. The van der Waals surface area contributed by atoms with Crippen molar-refractivity contribution in [3.63, 3.8) is 0 Å². The van der Waals surface area contributed by atoms with Crippen LogP contribution in [0.5, 0.6) is 0 Å². The van der Waals surface area contributed by atoms with Gasteiger partial charge >= 0.3 is 5.97 Å². The van der Waals surface area contributed by atoms with Gasteiger partial charge < -0.3 is 9.26 Å². The maximum atomic E-state index is 13.1. The van der Waals surface area contributed by atoms with Gasteiger partial charge in [0.05, 0.1) is 19.3 Å². The van der Waals surface area contributed by atoms with E-state index in [1.165, 1.54) is 32.8 Å². The van der Waals surface area contributed by atoms with Crippen LogP contribution in [-0.4, -0.2) is 25.8 Å². The summed E-state index contributed by atoms with van der Waals surface area (Å²) in [4.78, 5) is 11.5. The van der Waals surface area contributed by atoms with Crippen molar-refractivity contribution >= 4 is 18.6 Å². The van der Waals surface area contributed by atoms with E-state index >= 15 is 0 Å². The maximum Gasteiger partial charge on any atom is 0.337 e. The SMILES string of the molecule is CCCCCCCCP(=O)(OCC)c1ccc(C(=O)OC)cc1. The number of methoxy groups -OCH3 is 1. The zero-order chi connectivity index (χ0) is 17.1. The minimum Gasteiger partial charge on any atom is -0.465 e. The van der Waals surface area contributed by atoms with Crippen molar-refractivity contribution in [2.45, 2.75) is 52.4 Å². The summed E-state index contributed by atoms with van der Waals surface area (Å²) >= 11 is 0. The van der Waals surface area contributed by atoms with E-state index in [9.17, 15) is 9.36 Å². The lowest BCUT2D eigenvalue weighted by atomic mass is 10.1. The molecule has 1 aromatic carbocycles. The topological polar surface area (TPSA) is 52.6 Å². The van der Waals surface area contributed by atoms with Gasteiger partial charge in [0.2, 0.25) is 7.37 Å². The predicted molar refractivity (Wildman–Crippen MR) is 94.9 cm³/mol. The first-order valence-corrected chi connectivity index (χ1v) is 10.3. The van der Waals surface area contributed by atoms with Crippen LogP contribution >= 0.6 is 7.37 Å². The Morgan fingerprint density at radius 2 is 1.61 bits per heavy atom. The van der Waals surface area contributed by atoms with E-state index in [4.69, 9.17) is 4.52 Å². The fourth-order valence-electron chi connectivity index (χ4n) is 2.52. The summed E-state index contributed by atoms with van der Waals surface area (Å²) in [5, 5.41) is 0.681. The summed E-state index contributed by atoms with van der Waals surface area (Å²) in [6.45, 7) is 4.48. The van der Waals surface area contributed by atoms with E-state index in [2.05, 4.69) is 11.7 Å². The molecule has 5 heteroatoms. The van der Waals surface area contributed by atoms with E-state index in [1.807, 2.05) is 6.92 Å². The van der Waals surface area contributed by atoms with Gasteiger partial charge in [-0.1, -0.05) is 39.0 Å². The van der Waals surface area contributed by atoms with Gasteiger partial charge in [0, 0.05) is 11.5 Å². The van der Waals surface area contributed by atoms with Gasteiger partial charge in [0.1, 0.15) is 0 Å². The summed E-state index contributed by atoms with van der Waals surface area (Å²) in [6, 6.07) is 6.74. The highest BCUT2D eigenvalue weighted by Crippen LogP contribution is 2.46. The van der Waals surface area contributed by atoms with Crippen molar-refractivity contribution in [1.82, 2.24) is 0 Å². The lowest BCUT2D eigenvalue weighted by Gasteiger charge is -2.18. The monoisotopic (exact) mass is 340 g/mol. The van der Waals surface area contributed by atoms with E-state index in [0.717, 1.165) is 12.8 Å². The quantitative estimate of drug-likeness (QED) is 0.331. The summed E-state index contributed by atoms with van der Waals surface area (Å²) in [7, 11) is -1.49. The summed E-state index contributed by atoms with van der Waals surface area (Å²) in [5.41, 5.74) is 0.457. The molecule has 1 unspecified atom stereocenters. The molecule has 0 spiro atoms. The summed E-state index contributed by atoms with van der Waals surface area (Å²) in [5.74, 6) is -0.390. The van der Waals surface area contributed by atoms with Crippen molar-refractivity contribution in [1.29, 1.82) is 0 Å². The van der Waals surface area contributed by atoms with Crippen LogP contribution in [0.15, 0.2) is 24.3 Å². The molecule has 0 aliphatic carbocycles. The molecule has 0 bridgehead atoms. The van der Waals surface area contributed by atoms with Crippen LogP contribution in [0.4, 0.5) is 0 Å². The first kappa shape index (κ1) is 19.9. The van der Waals surface area contributed by atoms with Crippen LogP contribution in [0.25, 0.3) is 0 Å². The molecule has 0 N–H and O–H groups in total. The van der Waals surface area contributed by atoms with Crippen LogP contribution in [0, 0.1) is 0 Å². The number of carbonyl (C=O) groups is 1. The normalized spacial score (nSPS) is 13.5. The molecule has 0 aromatic heterocycles. The molecule has 4 nitrogen and oxygen atoms in total. The summed E-state index contributed by atoms with van der Waals surface area (Å²) < 4.78 is 23.4. The van der Waals surface area contributed by atoms with Crippen LogP contribution < -0.4 is 5.30 Å². The Morgan fingerprint density at radius 1 is 1.00 bits per heavy atom. The second-order valence-electron chi connectivity index (χ2n) is 5.62. The predicted octanol–water partition coefficient (Wildman–Crippen LogP) is 4.77. The minimum absolute atomic E-state index is 0.390. The fourth-order valence-corrected chi connectivity index (χ4v) is 4.72. The van der Waals surface area contributed by atoms with Crippen molar-refractivity contribution in [3.05, 3.63) is 29.8 Å². The molecule has 0 heterocycles. The Hall–Kier alpha value is -1.12. The molecule has 130 valence electrons. The molecule has 0 radical (unpaired) electrons. The Balaban J connectivity index is 2.68. The number of benzene rings is 1. The van der Waals surface area contributed by atoms with Crippen LogP contribution in [0.2, 0.25) is 0 Å². The van der Waals surface area contributed by atoms with E-state index in [0.29, 0.717) is 23.6 Å². The van der Waals surface area contributed by atoms with E-state index in [1.54, 1.807) is 24.3 Å². The Kier molecular flexibility index (Phi) is 9.20. The maximum absolute atomic E-state index is 13.1. The Labute approximate surface area is 140 Å². The first-order valence-electron chi connectivity index (χ1n) is 8.50. The third-order valence-corrected chi connectivity index (χ3v) is 6.49. The molecular formula is C18H29O4P. The second-order valence-corrected chi connectivity index (χ2v) is 8.19. The number of ether oxygens (including phenoxy) is 1. The molecule has 0 amide bonds. The van der Waals surface area contributed by atoms with Gasteiger partial charge in [-0.2, -0.15) is 0 Å². The van der Waals surface area contributed by atoms with Crippen LogP contribution in [0.1, 0.15) is 62.7 Å². The van der Waals surface area contributed by atoms with Crippen molar-refractivity contribution in [2.75, 3.05) is 19.9 Å². The highest BCUT2D eigenvalue weighted by Gasteiger charge is 2.25. The number of esters is 1. The number of rotatable bonds is 11. The lowest BCUT2D eigenvalue weighted by molar-refractivity contribution is 0.0600. The molecule has 0 fully saturated rings. The number of hydrogen-bond acceptors (Lipinski definition) is 4. The third-order valence-electron chi connectivity index (χ3n) is 3.83. The molecule has 0 aliphatic heterocycles. The second kappa shape index (κ2) is 10.6. The average molecular weight is 340 g/mol. The van der Waals surface area contributed by atoms with Gasteiger partial charge in [0.25, 0.3) is 0 Å². The third kappa shape index (κ3) is 6.48. The molecule has 0 saturated heterocycles. The van der Waals surface area contributed by atoms with E-state index in [-0.39, 0.29) is 0 Å². The minimum atomic E-state index is -2.84. The smallest absolute Gasteiger partial charge is 0.337 e. The van der Waals surface area contributed by atoms with Gasteiger partial charge in [-0.05, 0) is 37.6 Å². The number of carbonyl (C=O) groups excluding carboxylic acids is 1. The van der Waals surface area contributed by atoms with E-state index < -0.39 is 13.3 Å². The largest absolute Gasteiger partial charge is 0.465 e. The Bertz CT molecular complexity index is 510. The number of hydrogen-bond donors (Lipinski definition) is 0. The van der Waals surface area contributed by atoms with Crippen LogP contribution in [-0.2, 0) is 13.8 Å². The highest BCUT2D eigenvalue weighted by molar-refractivity contribution is 7.67. The molecule has 23 heavy (non-hydrogen) atoms. The highest BCUT2D eigenvalue weighted by atomic mass is 31.2. The van der Waals surface area contributed by atoms with Gasteiger partial charge in [-0.3, -0.25) is 4.57 Å². The van der Waals surface area contributed by atoms with Crippen molar-refractivity contribution in [2.24, 2.45) is 0 Å². The molecule has 1 atom stereocenters. The van der Waals surface area contributed by atoms with Gasteiger partial charge in [-0.15, -0.1) is 0 Å². The standard InChI is InChI=1S/C18H29O4P/c1-4-6-7-8-9-10-15-23(20,22-5-2)17-13-11-16(12-14-17)18(19)21-3/h11-14H,4-10,15H2,1-3H3. The molecule has 1 aromatic rings. The fraction of sp³-hybridized carbons (Fsp3) is 0.611. The summed E-state index contributed by atoms with van der Waals surface area (Å²) in [6.07, 6.45) is 7.45. The average Bonchev–Trinajstić information content (AvgIpc) is 2.57.